The van der Waals surface area contributed by atoms with Crippen molar-refractivity contribution in [1.29, 1.82) is 0 Å². The molecule has 0 aromatic rings. The fraction of sp³-hybridized carbons (Fsp3) is 0.857. The first-order valence-corrected chi connectivity index (χ1v) is 6.56. The van der Waals surface area contributed by atoms with Gasteiger partial charge in [-0.3, -0.25) is 9.59 Å². The molecule has 0 bridgehead atoms. The van der Waals surface area contributed by atoms with Gasteiger partial charge in [-0.25, -0.2) is 0 Å². The zero-order valence-electron chi connectivity index (χ0n) is 12.3. The van der Waals surface area contributed by atoms with Crippen LogP contribution in [0.25, 0.3) is 0 Å². The first-order valence-electron chi connectivity index (χ1n) is 6.56. The van der Waals surface area contributed by atoms with Crippen molar-refractivity contribution in [3.8, 4) is 0 Å². The molecule has 1 rings (SSSR count). The van der Waals surface area contributed by atoms with E-state index in [1.54, 1.807) is 6.92 Å². The molecule has 0 aromatic heterocycles. The van der Waals surface area contributed by atoms with Gasteiger partial charge in [-0.2, -0.15) is 0 Å². The molecule has 0 aliphatic heterocycles. The van der Waals surface area contributed by atoms with E-state index in [0.717, 1.165) is 6.42 Å². The Labute approximate surface area is 109 Å². The van der Waals surface area contributed by atoms with E-state index in [1.807, 2.05) is 20.8 Å². The summed E-state index contributed by atoms with van der Waals surface area (Å²) in [6.07, 6.45) is 0.971. The Bertz CT molecular complexity index is 341. The van der Waals surface area contributed by atoms with Gasteiger partial charge in [0.15, 0.2) is 0 Å². The number of carbonyl (C=O) groups is 2. The summed E-state index contributed by atoms with van der Waals surface area (Å²) >= 11 is 0. The Morgan fingerprint density at radius 2 is 1.89 bits per heavy atom. The average molecular weight is 255 g/mol. The molecule has 1 aliphatic carbocycles. The van der Waals surface area contributed by atoms with Crippen molar-refractivity contribution in [2.24, 2.45) is 16.7 Å². The zero-order valence-corrected chi connectivity index (χ0v) is 12.3. The summed E-state index contributed by atoms with van der Waals surface area (Å²) in [6.45, 7) is 11.9. The molecule has 0 aromatic carbocycles. The number of ether oxygens (including phenoxy) is 1. The predicted octanol–water partition coefficient (Wildman–Crippen LogP) is 2.13. The van der Waals surface area contributed by atoms with Crippen LogP contribution in [0.2, 0.25) is 0 Å². The molecule has 0 heterocycles. The van der Waals surface area contributed by atoms with Gasteiger partial charge in [0.25, 0.3) is 0 Å². The molecule has 2 unspecified atom stereocenters. The fourth-order valence-electron chi connectivity index (χ4n) is 2.05. The van der Waals surface area contributed by atoms with E-state index in [4.69, 9.17) is 4.74 Å². The molecule has 0 radical (unpaired) electrons. The first-order chi connectivity index (χ1) is 8.09. The number of hydrogen-bond acceptors (Lipinski definition) is 3. The minimum absolute atomic E-state index is 0.159. The molecule has 2 atom stereocenters. The topological polar surface area (TPSA) is 55.4 Å². The van der Waals surface area contributed by atoms with Crippen LogP contribution in [-0.2, 0) is 14.3 Å². The van der Waals surface area contributed by atoms with Crippen molar-refractivity contribution in [1.82, 2.24) is 5.32 Å². The highest BCUT2D eigenvalue weighted by molar-refractivity contribution is 5.98. The van der Waals surface area contributed by atoms with Gasteiger partial charge in [-0.15, -0.1) is 0 Å². The van der Waals surface area contributed by atoms with E-state index in [2.05, 4.69) is 19.2 Å². The van der Waals surface area contributed by atoms with Crippen LogP contribution in [0.5, 0.6) is 0 Å². The van der Waals surface area contributed by atoms with E-state index >= 15 is 0 Å². The molecular weight excluding hydrogens is 230 g/mol. The Hall–Kier alpha value is -1.06. The highest BCUT2D eigenvalue weighted by Crippen LogP contribution is 2.45. The summed E-state index contributed by atoms with van der Waals surface area (Å²) in [4.78, 5) is 24.1. The fourth-order valence-corrected chi connectivity index (χ4v) is 2.05. The maximum atomic E-state index is 12.2. The normalized spacial score (nSPS) is 23.1. The van der Waals surface area contributed by atoms with Crippen LogP contribution in [0.4, 0.5) is 0 Å². The Kier molecular flexibility index (Phi) is 4.08. The summed E-state index contributed by atoms with van der Waals surface area (Å²) in [5.41, 5.74) is -0.276. The predicted molar refractivity (Wildman–Crippen MR) is 69.9 cm³/mol. The van der Waals surface area contributed by atoms with Crippen LogP contribution in [0.15, 0.2) is 0 Å². The molecule has 1 amide bonds. The molecular formula is C14H25NO3. The third kappa shape index (κ3) is 3.47. The molecule has 104 valence electrons. The number of nitrogens with one attached hydrogen (secondary N) is 1. The molecule has 4 heteroatoms. The van der Waals surface area contributed by atoms with Gasteiger partial charge in [0.05, 0.1) is 6.61 Å². The van der Waals surface area contributed by atoms with Gasteiger partial charge in [-0.1, -0.05) is 34.6 Å². The van der Waals surface area contributed by atoms with Crippen molar-refractivity contribution >= 4 is 11.9 Å². The Balaban J connectivity index is 2.72. The van der Waals surface area contributed by atoms with E-state index in [1.165, 1.54) is 0 Å². The second-order valence-corrected chi connectivity index (χ2v) is 6.80. The summed E-state index contributed by atoms with van der Waals surface area (Å²) in [5.74, 6) is -1.38. The average Bonchev–Trinajstić information content (AvgIpc) is 2.70. The lowest BCUT2D eigenvalue weighted by atomic mass is 9.80. The van der Waals surface area contributed by atoms with E-state index in [-0.39, 0.29) is 17.4 Å². The van der Waals surface area contributed by atoms with Gasteiger partial charge in [0.1, 0.15) is 5.92 Å². The number of hydrogen-bond donors (Lipinski definition) is 1. The van der Waals surface area contributed by atoms with Crippen LogP contribution in [0.3, 0.4) is 0 Å². The van der Waals surface area contributed by atoms with Crippen molar-refractivity contribution in [3.05, 3.63) is 0 Å². The molecule has 0 saturated heterocycles. The van der Waals surface area contributed by atoms with E-state index < -0.39 is 17.3 Å². The monoisotopic (exact) mass is 255 g/mol. The summed E-state index contributed by atoms with van der Waals surface area (Å²) < 4.78 is 5.01. The van der Waals surface area contributed by atoms with Crippen molar-refractivity contribution in [2.45, 2.75) is 54.0 Å². The highest BCUT2D eigenvalue weighted by Gasteiger charge is 2.49. The van der Waals surface area contributed by atoms with E-state index in [0.29, 0.717) is 6.61 Å². The highest BCUT2D eigenvalue weighted by atomic mass is 16.5. The molecule has 0 spiro atoms. The standard InChI is InChI=1S/C14H25NO3/c1-7-18-12(17)10(13(2,3)4)11(16)15-9-8-14(9,5)6/h9-10H,7-8H2,1-6H3,(H,15,16). The van der Waals surface area contributed by atoms with Gasteiger partial charge in [0, 0.05) is 6.04 Å². The van der Waals surface area contributed by atoms with Crippen LogP contribution >= 0.6 is 0 Å². The second kappa shape index (κ2) is 4.90. The quantitative estimate of drug-likeness (QED) is 0.618. The lowest BCUT2D eigenvalue weighted by Crippen LogP contribution is -2.45. The third-order valence-corrected chi connectivity index (χ3v) is 3.48. The van der Waals surface area contributed by atoms with Gasteiger partial charge < -0.3 is 10.1 Å². The zero-order chi connectivity index (χ0) is 14.1. The van der Waals surface area contributed by atoms with Crippen LogP contribution in [0, 0.1) is 16.7 Å². The number of esters is 1. The van der Waals surface area contributed by atoms with E-state index in [9.17, 15) is 9.59 Å². The third-order valence-electron chi connectivity index (χ3n) is 3.48. The van der Waals surface area contributed by atoms with Crippen LogP contribution < -0.4 is 5.32 Å². The number of rotatable bonds is 4. The lowest BCUT2D eigenvalue weighted by molar-refractivity contribution is -0.156. The summed E-state index contributed by atoms with van der Waals surface area (Å²) in [5, 5.41) is 2.95. The largest absolute Gasteiger partial charge is 0.465 e. The Morgan fingerprint density at radius 3 is 2.22 bits per heavy atom. The smallest absolute Gasteiger partial charge is 0.319 e. The van der Waals surface area contributed by atoms with Gasteiger partial charge in [0.2, 0.25) is 5.91 Å². The number of amides is 1. The van der Waals surface area contributed by atoms with Crippen molar-refractivity contribution < 1.29 is 14.3 Å². The number of carbonyl (C=O) groups excluding carboxylic acids is 2. The van der Waals surface area contributed by atoms with Gasteiger partial charge >= 0.3 is 5.97 Å². The second-order valence-electron chi connectivity index (χ2n) is 6.80. The minimum atomic E-state index is -0.742. The summed E-state index contributed by atoms with van der Waals surface area (Å²) in [6, 6.07) is 0.185. The summed E-state index contributed by atoms with van der Waals surface area (Å²) in [7, 11) is 0. The molecule has 4 nitrogen and oxygen atoms in total. The van der Waals surface area contributed by atoms with Crippen LogP contribution in [-0.4, -0.2) is 24.5 Å². The Morgan fingerprint density at radius 1 is 1.39 bits per heavy atom. The molecule has 1 fully saturated rings. The maximum Gasteiger partial charge on any atom is 0.319 e. The molecule has 18 heavy (non-hydrogen) atoms. The maximum absolute atomic E-state index is 12.2. The minimum Gasteiger partial charge on any atom is -0.465 e. The first kappa shape index (κ1) is 15.0. The van der Waals surface area contributed by atoms with Crippen LogP contribution in [0.1, 0.15) is 48.0 Å². The molecule has 1 aliphatic rings. The lowest BCUT2D eigenvalue weighted by Gasteiger charge is -2.27. The van der Waals surface area contributed by atoms with Gasteiger partial charge in [-0.05, 0) is 24.2 Å². The van der Waals surface area contributed by atoms with Crippen molar-refractivity contribution in [2.75, 3.05) is 6.61 Å². The SMILES string of the molecule is CCOC(=O)C(C(=O)NC1CC1(C)C)C(C)(C)C. The molecule has 1 N–H and O–H groups in total. The molecule has 1 saturated carbocycles. The van der Waals surface area contributed by atoms with Crippen molar-refractivity contribution in [3.63, 3.8) is 0 Å².